The number of hydrogen-bond acceptors (Lipinski definition) is 2. The molecule has 0 bridgehead atoms. The number of para-hydroxylation sites is 1. The Kier molecular flexibility index (Phi) is 5.70. The molecule has 0 saturated heterocycles. The smallest absolute Gasteiger partial charge is 0.101 e. The predicted molar refractivity (Wildman–Crippen MR) is 137 cm³/mol. The fourth-order valence-electron chi connectivity index (χ4n) is 4.06. The fourth-order valence-corrected chi connectivity index (χ4v) is 4.06. The van der Waals surface area contributed by atoms with Crippen molar-refractivity contribution in [2.45, 2.75) is 0 Å². The van der Waals surface area contributed by atoms with E-state index < -0.39 is 0 Å². The highest BCUT2D eigenvalue weighted by Gasteiger charge is 2.16. The fraction of sp³-hybridized carbons (Fsp3) is 0. The summed E-state index contributed by atoms with van der Waals surface area (Å²) >= 11 is 0. The van der Waals surface area contributed by atoms with E-state index in [9.17, 15) is 5.26 Å². The van der Waals surface area contributed by atoms with E-state index in [0.29, 0.717) is 5.56 Å². The third-order valence-electron chi connectivity index (χ3n) is 5.73. The zero-order valence-corrected chi connectivity index (χ0v) is 18.1. The molecule has 0 heterocycles. The van der Waals surface area contributed by atoms with E-state index in [1.807, 2.05) is 60.7 Å². The van der Waals surface area contributed by atoms with Crippen LogP contribution in [0.1, 0.15) is 5.56 Å². The molecule has 0 amide bonds. The summed E-state index contributed by atoms with van der Waals surface area (Å²) in [6.07, 6.45) is 0. The van der Waals surface area contributed by atoms with Gasteiger partial charge in [-0.05, 0) is 58.7 Å². The van der Waals surface area contributed by atoms with Crippen LogP contribution in [-0.4, -0.2) is 0 Å². The van der Waals surface area contributed by atoms with Gasteiger partial charge in [0.2, 0.25) is 0 Å². The van der Waals surface area contributed by atoms with Crippen LogP contribution in [0.25, 0.3) is 22.3 Å². The number of nitrogens with zero attached hydrogens (tertiary/aromatic N) is 2. The quantitative estimate of drug-likeness (QED) is 0.284. The Morgan fingerprint density at radius 3 is 1.27 bits per heavy atom. The molecule has 0 unspecified atom stereocenters. The van der Waals surface area contributed by atoms with Gasteiger partial charge in [0.1, 0.15) is 6.07 Å². The highest BCUT2D eigenvalue weighted by molar-refractivity contribution is 5.82. The molecule has 0 spiro atoms. The average Bonchev–Trinajstić information content (AvgIpc) is 2.91. The molecule has 2 heteroatoms. The largest absolute Gasteiger partial charge is 0.309 e. The summed E-state index contributed by atoms with van der Waals surface area (Å²) in [6, 6.07) is 47.7. The lowest BCUT2D eigenvalue weighted by molar-refractivity contribution is 1.27. The molecule has 0 radical (unpaired) electrons. The van der Waals surface area contributed by atoms with Gasteiger partial charge in [0, 0.05) is 11.4 Å². The Morgan fingerprint density at radius 2 is 0.818 bits per heavy atom. The van der Waals surface area contributed by atoms with Crippen molar-refractivity contribution in [3.63, 3.8) is 0 Å². The maximum atomic E-state index is 9.77. The van der Waals surface area contributed by atoms with E-state index in [-0.39, 0.29) is 0 Å². The van der Waals surface area contributed by atoms with Gasteiger partial charge in [-0.2, -0.15) is 5.26 Å². The van der Waals surface area contributed by atoms with E-state index in [2.05, 4.69) is 83.8 Å². The van der Waals surface area contributed by atoms with Gasteiger partial charge in [0.15, 0.2) is 0 Å². The van der Waals surface area contributed by atoms with E-state index in [4.69, 9.17) is 0 Å². The van der Waals surface area contributed by atoms with Crippen molar-refractivity contribution in [2.24, 2.45) is 0 Å². The van der Waals surface area contributed by atoms with Crippen LogP contribution in [0.3, 0.4) is 0 Å². The van der Waals surface area contributed by atoms with Gasteiger partial charge in [-0.25, -0.2) is 0 Å². The standard InChI is InChI=1S/C31H22N2/c32-23-28-13-7-8-14-31(28)33(29-19-15-26(16-20-29)24-9-3-1-4-10-24)30-21-17-27(18-22-30)25-11-5-2-6-12-25/h1-22H. The van der Waals surface area contributed by atoms with Crippen LogP contribution in [0.2, 0.25) is 0 Å². The lowest BCUT2D eigenvalue weighted by atomic mass is 10.0. The molecule has 0 aromatic heterocycles. The van der Waals surface area contributed by atoms with Gasteiger partial charge in [-0.1, -0.05) is 97.1 Å². The lowest BCUT2D eigenvalue weighted by Gasteiger charge is -2.26. The molecule has 156 valence electrons. The van der Waals surface area contributed by atoms with E-state index in [1.54, 1.807) is 0 Å². The van der Waals surface area contributed by atoms with Crippen molar-refractivity contribution < 1.29 is 0 Å². The minimum atomic E-state index is 0.636. The van der Waals surface area contributed by atoms with Crippen molar-refractivity contribution >= 4 is 17.1 Å². The second kappa shape index (κ2) is 9.26. The summed E-state index contributed by atoms with van der Waals surface area (Å²) in [6.45, 7) is 0. The first-order valence-electron chi connectivity index (χ1n) is 10.9. The molecule has 0 aliphatic carbocycles. The highest BCUT2D eigenvalue weighted by Crippen LogP contribution is 2.38. The Morgan fingerprint density at radius 1 is 0.424 bits per heavy atom. The number of rotatable bonds is 5. The molecule has 5 aromatic rings. The minimum absolute atomic E-state index is 0.636. The summed E-state index contributed by atoms with van der Waals surface area (Å²) < 4.78 is 0. The van der Waals surface area contributed by atoms with Crippen LogP contribution >= 0.6 is 0 Å². The molecular weight excluding hydrogens is 400 g/mol. The molecule has 0 N–H and O–H groups in total. The highest BCUT2D eigenvalue weighted by atomic mass is 15.1. The molecular formula is C31H22N2. The van der Waals surface area contributed by atoms with Crippen molar-refractivity contribution in [1.29, 1.82) is 5.26 Å². The van der Waals surface area contributed by atoms with Crippen molar-refractivity contribution in [1.82, 2.24) is 0 Å². The summed E-state index contributed by atoms with van der Waals surface area (Å²) in [5.41, 5.74) is 8.19. The van der Waals surface area contributed by atoms with Gasteiger partial charge in [0.05, 0.1) is 11.3 Å². The number of anilines is 3. The molecule has 5 rings (SSSR count). The molecule has 0 fully saturated rings. The van der Waals surface area contributed by atoms with Crippen LogP contribution < -0.4 is 4.90 Å². The monoisotopic (exact) mass is 422 g/mol. The van der Waals surface area contributed by atoms with Crippen LogP contribution in [0, 0.1) is 11.3 Å². The second-order valence-corrected chi connectivity index (χ2v) is 7.79. The second-order valence-electron chi connectivity index (χ2n) is 7.79. The van der Waals surface area contributed by atoms with E-state index in [0.717, 1.165) is 28.2 Å². The third-order valence-corrected chi connectivity index (χ3v) is 5.73. The number of hydrogen-bond donors (Lipinski definition) is 0. The number of benzene rings is 5. The van der Waals surface area contributed by atoms with E-state index >= 15 is 0 Å². The van der Waals surface area contributed by atoms with E-state index in [1.165, 1.54) is 11.1 Å². The first kappa shape index (κ1) is 20.3. The molecule has 0 aliphatic rings. The predicted octanol–water partition coefficient (Wildman–Crippen LogP) is 8.36. The van der Waals surface area contributed by atoms with Gasteiger partial charge < -0.3 is 4.90 Å². The molecule has 0 saturated carbocycles. The van der Waals surface area contributed by atoms with Gasteiger partial charge in [-0.15, -0.1) is 0 Å². The maximum absolute atomic E-state index is 9.77. The summed E-state index contributed by atoms with van der Waals surface area (Å²) in [4.78, 5) is 2.14. The zero-order chi connectivity index (χ0) is 22.5. The summed E-state index contributed by atoms with van der Waals surface area (Å²) in [7, 11) is 0. The maximum Gasteiger partial charge on any atom is 0.101 e. The Balaban J connectivity index is 1.58. The van der Waals surface area contributed by atoms with Crippen molar-refractivity contribution in [3.05, 3.63) is 139 Å². The topological polar surface area (TPSA) is 27.0 Å². The Bertz CT molecular complexity index is 1300. The first-order chi connectivity index (χ1) is 16.3. The zero-order valence-electron chi connectivity index (χ0n) is 18.1. The lowest BCUT2D eigenvalue weighted by Crippen LogP contribution is -2.11. The van der Waals surface area contributed by atoms with Gasteiger partial charge in [0.25, 0.3) is 0 Å². The van der Waals surface area contributed by atoms with Crippen LogP contribution in [0.5, 0.6) is 0 Å². The Labute approximate surface area is 194 Å². The van der Waals surface area contributed by atoms with Crippen molar-refractivity contribution in [2.75, 3.05) is 4.90 Å². The molecule has 0 aliphatic heterocycles. The van der Waals surface area contributed by atoms with Gasteiger partial charge in [-0.3, -0.25) is 0 Å². The van der Waals surface area contributed by atoms with Crippen LogP contribution in [-0.2, 0) is 0 Å². The van der Waals surface area contributed by atoms with Gasteiger partial charge >= 0.3 is 0 Å². The molecule has 33 heavy (non-hydrogen) atoms. The SMILES string of the molecule is N#Cc1ccccc1N(c1ccc(-c2ccccc2)cc1)c1ccc(-c2ccccc2)cc1. The first-order valence-corrected chi connectivity index (χ1v) is 10.9. The Hall–Kier alpha value is -4.61. The van der Waals surface area contributed by atoms with Crippen LogP contribution in [0.4, 0.5) is 17.1 Å². The summed E-state index contributed by atoms with van der Waals surface area (Å²) in [5.74, 6) is 0. The molecule has 0 atom stereocenters. The molecule has 5 aromatic carbocycles. The third kappa shape index (κ3) is 4.26. The normalized spacial score (nSPS) is 10.4. The number of nitriles is 1. The molecule has 2 nitrogen and oxygen atoms in total. The average molecular weight is 423 g/mol. The minimum Gasteiger partial charge on any atom is -0.309 e. The summed E-state index contributed by atoms with van der Waals surface area (Å²) in [5, 5.41) is 9.77. The van der Waals surface area contributed by atoms with Crippen molar-refractivity contribution in [3.8, 4) is 28.3 Å². The van der Waals surface area contributed by atoms with Crippen LogP contribution in [0.15, 0.2) is 133 Å².